The maximum absolute atomic E-state index is 11.2. The first-order chi connectivity index (χ1) is 7.06. The Morgan fingerprint density at radius 3 is 2.33 bits per heavy atom. The van der Waals surface area contributed by atoms with Crippen molar-refractivity contribution in [1.82, 2.24) is 0 Å². The third-order valence-electron chi connectivity index (χ3n) is 2.74. The molecule has 1 rings (SSSR count). The summed E-state index contributed by atoms with van der Waals surface area (Å²) in [5, 5.41) is 0. The average molecular weight is 206 g/mol. The summed E-state index contributed by atoms with van der Waals surface area (Å²) < 4.78 is 4.68. The SMILES string of the molecule is COC(=O)CC(C)c1c(C)cccc1C. The number of carbonyl (C=O) groups is 1. The monoisotopic (exact) mass is 206 g/mol. The number of hydrogen-bond donors (Lipinski definition) is 0. The molecule has 0 N–H and O–H groups in total. The van der Waals surface area contributed by atoms with E-state index in [0.29, 0.717) is 6.42 Å². The lowest BCUT2D eigenvalue weighted by Gasteiger charge is -2.16. The second-order valence-electron chi connectivity index (χ2n) is 3.99. The van der Waals surface area contributed by atoms with E-state index in [1.54, 1.807) is 0 Å². The number of ether oxygens (including phenoxy) is 1. The Morgan fingerprint density at radius 2 is 1.87 bits per heavy atom. The molecule has 0 aliphatic rings. The van der Waals surface area contributed by atoms with Crippen LogP contribution in [0, 0.1) is 13.8 Å². The molecular weight excluding hydrogens is 188 g/mol. The van der Waals surface area contributed by atoms with E-state index >= 15 is 0 Å². The van der Waals surface area contributed by atoms with Gasteiger partial charge in [-0.05, 0) is 36.5 Å². The van der Waals surface area contributed by atoms with Crippen LogP contribution < -0.4 is 0 Å². The highest BCUT2D eigenvalue weighted by atomic mass is 16.5. The average Bonchev–Trinajstić information content (AvgIpc) is 2.17. The van der Waals surface area contributed by atoms with E-state index in [2.05, 4.69) is 37.6 Å². The topological polar surface area (TPSA) is 26.3 Å². The summed E-state index contributed by atoms with van der Waals surface area (Å²) in [7, 11) is 1.43. The first-order valence-electron chi connectivity index (χ1n) is 5.19. The molecule has 0 saturated heterocycles. The van der Waals surface area contributed by atoms with Gasteiger partial charge in [-0.2, -0.15) is 0 Å². The molecule has 1 aromatic carbocycles. The fourth-order valence-corrected chi connectivity index (χ4v) is 2.04. The maximum Gasteiger partial charge on any atom is 0.306 e. The lowest BCUT2D eigenvalue weighted by atomic mass is 9.90. The fraction of sp³-hybridized carbons (Fsp3) is 0.462. The highest BCUT2D eigenvalue weighted by Gasteiger charge is 2.14. The quantitative estimate of drug-likeness (QED) is 0.711. The third-order valence-corrected chi connectivity index (χ3v) is 2.74. The molecule has 1 aromatic rings. The number of hydrogen-bond acceptors (Lipinski definition) is 2. The van der Waals surface area contributed by atoms with Crippen molar-refractivity contribution in [2.45, 2.75) is 33.1 Å². The first-order valence-corrected chi connectivity index (χ1v) is 5.19. The zero-order valence-corrected chi connectivity index (χ0v) is 9.83. The number of esters is 1. The summed E-state index contributed by atoms with van der Waals surface area (Å²) in [5.41, 5.74) is 3.75. The minimum Gasteiger partial charge on any atom is -0.469 e. The molecule has 0 fully saturated rings. The van der Waals surface area contributed by atoms with Crippen LogP contribution in [0.5, 0.6) is 0 Å². The molecule has 82 valence electrons. The summed E-state index contributed by atoms with van der Waals surface area (Å²) in [6, 6.07) is 6.20. The van der Waals surface area contributed by atoms with E-state index in [4.69, 9.17) is 0 Å². The van der Waals surface area contributed by atoms with Crippen LogP contribution in [-0.4, -0.2) is 13.1 Å². The zero-order valence-electron chi connectivity index (χ0n) is 9.83. The molecule has 2 heteroatoms. The van der Waals surface area contributed by atoms with Crippen LogP contribution in [0.25, 0.3) is 0 Å². The van der Waals surface area contributed by atoms with Crippen molar-refractivity contribution in [2.24, 2.45) is 0 Å². The van der Waals surface area contributed by atoms with Crippen molar-refractivity contribution in [1.29, 1.82) is 0 Å². The molecule has 15 heavy (non-hydrogen) atoms. The summed E-state index contributed by atoms with van der Waals surface area (Å²) >= 11 is 0. The van der Waals surface area contributed by atoms with Crippen LogP contribution in [0.2, 0.25) is 0 Å². The normalized spacial score (nSPS) is 12.3. The van der Waals surface area contributed by atoms with Gasteiger partial charge in [-0.1, -0.05) is 25.1 Å². The second-order valence-corrected chi connectivity index (χ2v) is 3.99. The Labute approximate surface area is 91.3 Å². The number of methoxy groups -OCH3 is 1. The molecule has 0 bridgehead atoms. The molecule has 0 spiro atoms. The highest BCUT2D eigenvalue weighted by Crippen LogP contribution is 2.26. The molecule has 1 atom stereocenters. The predicted octanol–water partition coefficient (Wildman–Crippen LogP) is 2.97. The number of benzene rings is 1. The van der Waals surface area contributed by atoms with Gasteiger partial charge in [0.15, 0.2) is 0 Å². The van der Waals surface area contributed by atoms with Crippen LogP contribution in [0.3, 0.4) is 0 Å². The number of aryl methyl sites for hydroxylation is 2. The van der Waals surface area contributed by atoms with Gasteiger partial charge in [0.05, 0.1) is 13.5 Å². The zero-order chi connectivity index (χ0) is 11.4. The molecule has 2 nitrogen and oxygen atoms in total. The van der Waals surface area contributed by atoms with Crippen molar-refractivity contribution < 1.29 is 9.53 Å². The summed E-state index contributed by atoms with van der Waals surface area (Å²) in [6.45, 7) is 6.22. The summed E-state index contributed by atoms with van der Waals surface area (Å²) in [4.78, 5) is 11.2. The molecule has 0 heterocycles. The molecule has 1 unspecified atom stereocenters. The van der Waals surface area contributed by atoms with Gasteiger partial charge in [0.2, 0.25) is 0 Å². The molecule has 0 aliphatic heterocycles. The standard InChI is InChI=1S/C13H18O2/c1-9-6-5-7-10(2)13(9)11(3)8-12(14)15-4/h5-7,11H,8H2,1-4H3. The Morgan fingerprint density at radius 1 is 1.33 bits per heavy atom. The first kappa shape index (κ1) is 11.8. The number of carbonyl (C=O) groups excluding carboxylic acids is 1. The van der Waals surface area contributed by atoms with E-state index in [0.717, 1.165) is 0 Å². The molecular formula is C13H18O2. The van der Waals surface area contributed by atoms with Crippen molar-refractivity contribution in [3.05, 3.63) is 34.9 Å². The van der Waals surface area contributed by atoms with Crippen molar-refractivity contribution >= 4 is 5.97 Å². The van der Waals surface area contributed by atoms with Crippen LogP contribution in [0.15, 0.2) is 18.2 Å². The second kappa shape index (κ2) is 4.96. The van der Waals surface area contributed by atoms with E-state index < -0.39 is 0 Å². The van der Waals surface area contributed by atoms with E-state index in [9.17, 15) is 4.79 Å². The van der Waals surface area contributed by atoms with Gasteiger partial charge in [0.25, 0.3) is 0 Å². The Hall–Kier alpha value is -1.31. The molecule has 0 radical (unpaired) electrons. The van der Waals surface area contributed by atoms with Gasteiger partial charge in [-0.15, -0.1) is 0 Å². The van der Waals surface area contributed by atoms with E-state index in [-0.39, 0.29) is 11.9 Å². The lowest BCUT2D eigenvalue weighted by Crippen LogP contribution is -2.08. The van der Waals surface area contributed by atoms with Crippen LogP contribution in [0.4, 0.5) is 0 Å². The van der Waals surface area contributed by atoms with Crippen LogP contribution >= 0.6 is 0 Å². The van der Waals surface area contributed by atoms with Gasteiger partial charge in [-0.25, -0.2) is 0 Å². The maximum atomic E-state index is 11.2. The minimum atomic E-state index is -0.148. The largest absolute Gasteiger partial charge is 0.469 e. The van der Waals surface area contributed by atoms with Crippen molar-refractivity contribution in [2.75, 3.05) is 7.11 Å². The van der Waals surface area contributed by atoms with Crippen molar-refractivity contribution in [3.8, 4) is 0 Å². The molecule has 0 saturated carbocycles. The van der Waals surface area contributed by atoms with Gasteiger partial charge in [-0.3, -0.25) is 4.79 Å². The Balaban J connectivity index is 2.90. The van der Waals surface area contributed by atoms with E-state index in [1.165, 1.54) is 23.8 Å². The van der Waals surface area contributed by atoms with E-state index in [1.807, 2.05) is 6.07 Å². The number of rotatable bonds is 3. The van der Waals surface area contributed by atoms with Crippen molar-refractivity contribution in [3.63, 3.8) is 0 Å². The Kier molecular flexibility index (Phi) is 3.89. The summed E-state index contributed by atoms with van der Waals surface area (Å²) in [6.07, 6.45) is 0.447. The molecule has 0 amide bonds. The molecule has 0 aliphatic carbocycles. The Bertz CT molecular complexity index is 335. The lowest BCUT2D eigenvalue weighted by molar-refractivity contribution is -0.140. The van der Waals surface area contributed by atoms with Crippen LogP contribution in [0.1, 0.15) is 36.0 Å². The third kappa shape index (κ3) is 2.82. The molecule has 0 aromatic heterocycles. The summed E-state index contributed by atoms with van der Waals surface area (Å²) in [5.74, 6) is 0.0730. The fourth-order valence-electron chi connectivity index (χ4n) is 2.04. The van der Waals surface area contributed by atoms with Gasteiger partial charge >= 0.3 is 5.97 Å². The van der Waals surface area contributed by atoms with Crippen LogP contribution in [-0.2, 0) is 9.53 Å². The minimum absolute atomic E-state index is 0.148. The van der Waals surface area contributed by atoms with Gasteiger partial charge < -0.3 is 4.74 Å². The highest BCUT2D eigenvalue weighted by molar-refractivity contribution is 5.70. The predicted molar refractivity (Wildman–Crippen MR) is 61.0 cm³/mol. The smallest absolute Gasteiger partial charge is 0.306 e. The van der Waals surface area contributed by atoms with Gasteiger partial charge in [0.1, 0.15) is 0 Å². The van der Waals surface area contributed by atoms with Gasteiger partial charge in [0, 0.05) is 0 Å².